The van der Waals surface area contributed by atoms with Crippen LogP contribution in [0.3, 0.4) is 0 Å². The Kier molecular flexibility index (Phi) is 2.77. The van der Waals surface area contributed by atoms with Gasteiger partial charge in [0.2, 0.25) is 0 Å². The maximum atomic E-state index is 5.94. The number of ether oxygens (including phenoxy) is 1. The molecule has 0 aromatic rings. The maximum Gasteiger partial charge on any atom is 0.189 e. The summed E-state index contributed by atoms with van der Waals surface area (Å²) in [5.74, 6) is 0.652. The van der Waals surface area contributed by atoms with Crippen molar-refractivity contribution in [2.45, 2.75) is 63.6 Å². The lowest BCUT2D eigenvalue weighted by atomic mass is 9.51. The minimum Gasteiger partial charge on any atom is -0.378 e. The molecular weight excluding hydrogens is 214 g/mol. The molecule has 3 rings (SSSR count). The van der Waals surface area contributed by atoms with E-state index in [9.17, 15) is 0 Å². The summed E-state index contributed by atoms with van der Waals surface area (Å²) >= 11 is 0. The average Bonchev–Trinajstić information content (AvgIpc) is 2.97. The third kappa shape index (κ3) is 1.92. The van der Waals surface area contributed by atoms with Gasteiger partial charge < -0.3 is 15.8 Å². The molecule has 2 atom stereocenters. The van der Waals surface area contributed by atoms with E-state index in [1.807, 2.05) is 0 Å². The van der Waals surface area contributed by atoms with Crippen LogP contribution in [0.4, 0.5) is 0 Å². The van der Waals surface area contributed by atoms with E-state index in [0.717, 1.165) is 13.0 Å². The Morgan fingerprint density at radius 1 is 1.47 bits per heavy atom. The highest BCUT2D eigenvalue weighted by molar-refractivity contribution is 5.78. The van der Waals surface area contributed by atoms with Crippen molar-refractivity contribution < 1.29 is 4.74 Å². The van der Waals surface area contributed by atoms with Crippen LogP contribution in [0.15, 0.2) is 4.99 Å². The Labute approximate surface area is 103 Å². The molecule has 0 aromatic carbocycles. The first-order valence-corrected chi connectivity index (χ1v) is 6.96. The minimum absolute atomic E-state index is 0.339. The highest BCUT2D eigenvalue weighted by Crippen LogP contribution is 2.58. The zero-order chi connectivity index (χ0) is 11.9. The van der Waals surface area contributed by atoms with Gasteiger partial charge in [-0.05, 0) is 39.0 Å². The van der Waals surface area contributed by atoms with Crippen LogP contribution >= 0.6 is 0 Å². The van der Waals surface area contributed by atoms with E-state index in [0.29, 0.717) is 29.6 Å². The predicted octanol–water partition coefficient (Wildman–Crippen LogP) is 1.40. The lowest BCUT2D eigenvalue weighted by Gasteiger charge is -2.59. The van der Waals surface area contributed by atoms with Crippen LogP contribution in [0, 0.1) is 5.41 Å². The molecule has 0 amide bonds. The predicted molar refractivity (Wildman–Crippen MR) is 67.9 cm³/mol. The van der Waals surface area contributed by atoms with Crippen LogP contribution in [-0.2, 0) is 4.74 Å². The molecule has 3 fully saturated rings. The van der Waals surface area contributed by atoms with Crippen LogP contribution < -0.4 is 11.1 Å². The van der Waals surface area contributed by atoms with E-state index in [1.54, 1.807) is 0 Å². The summed E-state index contributed by atoms with van der Waals surface area (Å²) in [5.41, 5.74) is 6.28. The van der Waals surface area contributed by atoms with E-state index in [2.05, 4.69) is 17.2 Å². The molecular formula is C13H23N3O. The largest absolute Gasteiger partial charge is 0.378 e. The first-order chi connectivity index (χ1) is 8.24. The smallest absolute Gasteiger partial charge is 0.189 e. The molecule has 17 heavy (non-hydrogen) atoms. The second-order valence-electron chi connectivity index (χ2n) is 5.72. The van der Waals surface area contributed by atoms with Crippen molar-refractivity contribution in [3.63, 3.8) is 0 Å². The van der Waals surface area contributed by atoms with E-state index < -0.39 is 0 Å². The lowest BCUT2D eigenvalue weighted by Crippen LogP contribution is -2.61. The van der Waals surface area contributed by atoms with Crippen LogP contribution in [0.1, 0.15) is 45.4 Å². The number of hydrogen-bond donors (Lipinski definition) is 2. The first-order valence-electron chi connectivity index (χ1n) is 6.96. The van der Waals surface area contributed by atoms with Gasteiger partial charge in [-0.2, -0.15) is 0 Å². The Morgan fingerprint density at radius 2 is 2.24 bits per heavy atom. The number of aliphatic imine (C=N–C) groups is 1. The highest BCUT2D eigenvalue weighted by Gasteiger charge is 2.59. The quantitative estimate of drug-likeness (QED) is 0.574. The molecule has 2 unspecified atom stereocenters. The summed E-state index contributed by atoms with van der Waals surface area (Å²) in [5, 5.41) is 3.27. The van der Waals surface area contributed by atoms with Crippen molar-refractivity contribution in [2.75, 3.05) is 6.61 Å². The van der Waals surface area contributed by atoms with Crippen LogP contribution in [0.2, 0.25) is 0 Å². The molecule has 0 bridgehead atoms. The van der Waals surface area contributed by atoms with E-state index in [4.69, 9.17) is 10.5 Å². The number of nitrogens with zero attached hydrogens (tertiary/aromatic N) is 1. The van der Waals surface area contributed by atoms with Crippen molar-refractivity contribution >= 4 is 5.96 Å². The Bertz CT molecular complexity index is 321. The fourth-order valence-corrected chi connectivity index (χ4v) is 3.22. The molecule has 0 radical (unpaired) electrons. The van der Waals surface area contributed by atoms with Crippen molar-refractivity contribution in [1.29, 1.82) is 0 Å². The summed E-state index contributed by atoms with van der Waals surface area (Å²) < 4.78 is 5.81. The van der Waals surface area contributed by atoms with Gasteiger partial charge in [0.15, 0.2) is 5.96 Å². The van der Waals surface area contributed by atoms with E-state index in [1.165, 1.54) is 32.1 Å². The summed E-state index contributed by atoms with van der Waals surface area (Å²) in [7, 11) is 0. The molecule has 0 heterocycles. The molecule has 0 saturated heterocycles. The molecule has 3 aliphatic rings. The van der Waals surface area contributed by atoms with Gasteiger partial charge in [0.1, 0.15) is 0 Å². The van der Waals surface area contributed by atoms with Crippen molar-refractivity contribution in [2.24, 2.45) is 16.1 Å². The number of hydrogen-bond acceptors (Lipinski definition) is 2. The monoisotopic (exact) mass is 237 g/mol. The molecule has 3 aliphatic carbocycles. The topological polar surface area (TPSA) is 59.6 Å². The maximum absolute atomic E-state index is 5.94. The Balaban J connectivity index is 1.60. The van der Waals surface area contributed by atoms with Gasteiger partial charge in [0, 0.05) is 18.1 Å². The van der Waals surface area contributed by atoms with Crippen LogP contribution in [0.5, 0.6) is 0 Å². The Hall–Kier alpha value is -0.770. The number of nitrogens with one attached hydrogen (secondary N) is 1. The standard InChI is InChI=1S/C13H23N3O/c1-2-17-11-8-10(13(11)6-3-7-13)16-12(14)15-9-4-5-9/h9-11H,2-8H2,1H3,(H3,14,15,16). The van der Waals surface area contributed by atoms with E-state index >= 15 is 0 Å². The fourth-order valence-electron chi connectivity index (χ4n) is 3.22. The van der Waals surface area contributed by atoms with Gasteiger partial charge in [-0.15, -0.1) is 0 Å². The third-order valence-electron chi connectivity index (χ3n) is 4.62. The van der Waals surface area contributed by atoms with Gasteiger partial charge in [-0.1, -0.05) is 6.42 Å². The second kappa shape index (κ2) is 4.16. The fraction of sp³-hybridized carbons (Fsp3) is 0.923. The van der Waals surface area contributed by atoms with Gasteiger partial charge in [-0.3, -0.25) is 0 Å². The summed E-state index contributed by atoms with van der Waals surface area (Å²) in [4.78, 5) is 4.67. The molecule has 4 heteroatoms. The van der Waals surface area contributed by atoms with Crippen LogP contribution in [0.25, 0.3) is 0 Å². The van der Waals surface area contributed by atoms with E-state index in [-0.39, 0.29) is 0 Å². The molecule has 96 valence electrons. The Morgan fingerprint density at radius 3 is 2.76 bits per heavy atom. The van der Waals surface area contributed by atoms with Gasteiger partial charge >= 0.3 is 0 Å². The normalized spacial score (nSPS) is 35.2. The lowest BCUT2D eigenvalue weighted by molar-refractivity contribution is -0.162. The number of nitrogens with two attached hydrogens (primary N) is 1. The number of guanidine groups is 1. The molecule has 0 aliphatic heterocycles. The van der Waals surface area contributed by atoms with Crippen molar-refractivity contribution in [3.8, 4) is 0 Å². The summed E-state index contributed by atoms with van der Waals surface area (Å²) in [6.45, 7) is 2.89. The molecule has 4 nitrogen and oxygen atoms in total. The van der Waals surface area contributed by atoms with Crippen molar-refractivity contribution in [3.05, 3.63) is 0 Å². The minimum atomic E-state index is 0.339. The zero-order valence-electron chi connectivity index (χ0n) is 10.6. The molecule has 3 saturated carbocycles. The zero-order valence-corrected chi connectivity index (χ0v) is 10.6. The van der Waals surface area contributed by atoms with Gasteiger partial charge in [0.25, 0.3) is 0 Å². The van der Waals surface area contributed by atoms with Gasteiger partial charge in [0.05, 0.1) is 12.1 Å². The third-order valence-corrected chi connectivity index (χ3v) is 4.62. The summed E-state index contributed by atoms with van der Waals surface area (Å²) in [6, 6.07) is 0.998. The van der Waals surface area contributed by atoms with Crippen LogP contribution in [-0.4, -0.2) is 30.8 Å². The van der Waals surface area contributed by atoms with Gasteiger partial charge in [-0.25, -0.2) is 4.99 Å². The summed E-state index contributed by atoms with van der Waals surface area (Å²) in [6.07, 6.45) is 7.84. The average molecular weight is 237 g/mol. The second-order valence-corrected chi connectivity index (χ2v) is 5.72. The molecule has 3 N–H and O–H groups in total. The molecule has 1 spiro atoms. The SMILES string of the molecule is CCOC1CC(N=C(N)NC2CC2)C12CCC2. The molecule has 0 aromatic heterocycles. The van der Waals surface area contributed by atoms with Crippen molar-refractivity contribution in [1.82, 2.24) is 5.32 Å². The first kappa shape index (κ1) is 11.3. The number of rotatable bonds is 4. The highest BCUT2D eigenvalue weighted by atomic mass is 16.5.